The Hall–Kier alpha value is -0.560. The first-order valence-electron chi connectivity index (χ1n) is 23.3. The summed E-state index contributed by atoms with van der Waals surface area (Å²) in [4.78, 5) is 4.95. The number of nitrogens with zero attached hydrogens (tertiary/aromatic N) is 2. The maximum absolute atomic E-state index is 9.16. The largest absolute Gasteiger partial charge is 0.396 e. The second kappa shape index (κ2) is 50.8. The first kappa shape index (κ1) is 57.4. The summed E-state index contributed by atoms with van der Waals surface area (Å²) < 4.78 is 51.5. The summed E-state index contributed by atoms with van der Waals surface area (Å²) in [6, 6.07) is 0. The van der Waals surface area contributed by atoms with Crippen LogP contribution in [0.15, 0.2) is 0 Å². The molecule has 58 heavy (non-hydrogen) atoms. The van der Waals surface area contributed by atoms with E-state index in [1.807, 2.05) is 0 Å². The van der Waals surface area contributed by atoms with E-state index in [9.17, 15) is 0 Å². The molecular formula is C44H92N2O12. The van der Waals surface area contributed by atoms with Gasteiger partial charge in [-0.3, -0.25) is 4.90 Å². The first-order chi connectivity index (χ1) is 28.7. The number of rotatable bonds is 52. The smallest absolute Gasteiger partial charge is 0.180 e. The van der Waals surface area contributed by atoms with Crippen molar-refractivity contribution in [2.45, 2.75) is 123 Å². The minimum atomic E-state index is -0.531. The molecule has 0 aliphatic rings. The topological polar surface area (TPSA) is 150 Å². The number of unbranched alkanes of at least 4 members (excludes halogenated alkanes) is 10. The van der Waals surface area contributed by atoms with Crippen molar-refractivity contribution in [1.82, 2.24) is 9.80 Å². The van der Waals surface area contributed by atoms with Crippen LogP contribution in [0.2, 0.25) is 0 Å². The Balaban J connectivity index is 4.37. The fourth-order valence-electron chi connectivity index (χ4n) is 6.15. The predicted molar refractivity (Wildman–Crippen MR) is 231 cm³/mol. The van der Waals surface area contributed by atoms with Gasteiger partial charge in [0.1, 0.15) is 0 Å². The molecule has 0 fully saturated rings. The van der Waals surface area contributed by atoms with Crippen molar-refractivity contribution in [3.63, 3.8) is 0 Å². The van der Waals surface area contributed by atoms with Crippen molar-refractivity contribution < 1.29 is 58.0 Å². The van der Waals surface area contributed by atoms with Crippen LogP contribution in [-0.2, 0) is 42.6 Å². The summed E-state index contributed by atoms with van der Waals surface area (Å²) >= 11 is 0. The maximum atomic E-state index is 9.16. The van der Waals surface area contributed by atoms with Gasteiger partial charge in [0.2, 0.25) is 0 Å². The molecule has 1 unspecified atom stereocenters. The molecule has 0 aliphatic heterocycles. The molecule has 0 aliphatic carbocycles. The van der Waals surface area contributed by atoms with Crippen molar-refractivity contribution in [3.05, 3.63) is 0 Å². The average molecular weight is 841 g/mol. The Labute approximate surface area is 354 Å². The Morgan fingerprint density at radius 1 is 0.310 bits per heavy atom. The zero-order valence-corrected chi connectivity index (χ0v) is 37.5. The molecule has 3 N–H and O–H groups in total. The third-order valence-electron chi connectivity index (χ3n) is 9.47. The van der Waals surface area contributed by atoms with Crippen molar-refractivity contribution in [2.75, 3.05) is 165 Å². The SMILES string of the molecule is CCCCCCCCN(CCCOCCCO)CCCOCCCOC(COCCO)OCCOCCN(CCCCCCCC)CCOCCOCCOCCO. The average Bonchev–Trinajstić information content (AvgIpc) is 3.23. The van der Waals surface area contributed by atoms with E-state index in [1.54, 1.807) is 0 Å². The molecule has 0 bridgehead atoms. The van der Waals surface area contributed by atoms with E-state index in [1.165, 1.54) is 77.0 Å². The lowest BCUT2D eigenvalue weighted by atomic mass is 10.1. The van der Waals surface area contributed by atoms with E-state index in [2.05, 4.69) is 23.6 Å². The van der Waals surface area contributed by atoms with Crippen LogP contribution in [-0.4, -0.2) is 196 Å². The van der Waals surface area contributed by atoms with Crippen molar-refractivity contribution >= 4 is 0 Å². The number of aliphatic hydroxyl groups is 3. The van der Waals surface area contributed by atoms with Gasteiger partial charge < -0.3 is 62.9 Å². The van der Waals surface area contributed by atoms with Crippen molar-refractivity contribution in [1.29, 1.82) is 0 Å². The second-order valence-corrected chi connectivity index (χ2v) is 14.7. The molecular weight excluding hydrogens is 748 g/mol. The van der Waals surface area contributed by atoms with Gasteiger partial charge in [0, 0.05) is 59.2 Å². The summed E-state index contributed by atoms with van der Waals surface area (Å²) in [7, 11) is 0. The third-order valence-corrected chi connectivity index (χ3v) is 9.47. The number of aliphatic hydroxyl groups excluding tert-OH is 3. The monoisotopic (exact) mass is 841 g/mol. The van der Waals surface area contributed by atoms with Gasteiger partial charge >= 0.3 is 0 Å². The molecule has 0 spiro atoms. The van der Waals surface area contributed by atoms with Crippen molar-refractivity contribution in [3.8, 4) is 0 Å². The predicted octanol–water partition coefficient (Wildman–Crippen LogP) is 5.32. The Kier molecular flexibility index (Phi) is 50.3. The third kappa shape index (κ3) is 45.0. The molecule has 0 aromatic carbocycles. The summed E-state index contributed by atoms with van der Waals surface area (Å²) in [5, 5.41) is 26.9. The van der Waals surface area contributed by atoms with Crippen LogP contribution in [0.5, 0.6) is 0 Å². The molecule has 0 rings (SSSR count). The normalized spacial score (nSPS) is 12.5. The molecule has 14 heteroatoms. The van der Waals surface area contributed by atoms with Gasteiger partial charge in [-0.1, -0.05) is 78.1 Å². The van der Waals surface area contributed by atoms with E-state index in [4.69, 9.17) is 58.0 Å². The van der Waals surface area contributed by atoms with E-state index in [0.29, 0.717) is 85.7 Å². The summed E-state index contributed by atoms with van der Waals surface area (Å²) in [6.45, 7) is 18.7. The molecule has 350 valence electrons. The van der Waals surface area contributed by atoms with Crippen molar-refractivity contribution in [2.24, 2.45) is 0 Å². The minimum Gasteiger partial charge on any atom is -0.396 e. The number of hydrogen-bond acceptors (Lipinski definition) is 14. The van der Waals surface area contributed by atoms with E-state index >= 15 is 0 Å². The highest BCUT2D eigenvalue weighted by Crippen LogP contribution is 2.08. The summed E-state index contributed by atoms with van der Waals surface area (Å²) in [5.41, 5.74) is 0. The zero-order chi connectivity index (χ0) is 42.1. The van der Waals surface area contributed by atoms with Crippen LogP contribution >= 0.6 is 0 Å². The van der Waals surface area contributed by atoms with Gasteiger partial charge in [-0.25, -0.2) is 0 Å². The number of ether oxygens (including phenoxy) is 9. The Bertz CT molecular complexity index is 733. The molecule has 0 saturated heterocycles. The molecule has 0 aromatic heterocycles. The molecule has 0 radical (unpaired) electrons. The summed E-state index contributed by atoms with van der Waals surface area (Å²) in [5.74, 6) is 0. The first-order valence-corrected chi connectivity index (χ1v) is 23.3. The van der Waals surface area contributed by atoms with Crippen LogP contribution < -0.4 is 0 Å². The molecule has 14 nitrogen and oxygen atoms in total. The molecule has 1 atom stereocenters. The number of hydrogen-bond donors (Lipinski definition) is 3. The van der Waals surface area contributed by atoms with Gasteiger partial charge in [0.05, 0.1) is 92.5 Å². The standard InChI is InChI=1S/C44H92N2O12/c1-3-5-7-9-11-13-19-45(21-15-28-50-30-17-25-47)22-16-29-51-31-18-32-57-44(43-56-36-27-49)58-42-41-53-34-24-46(20-14-12-10-8-6-4-2)23-33-52-37-39-55-40-38-54-35-26-48/h44,47-49H,3-43H2,1-2H3. The molecule has 0 heterocycles. The van der Waals surface area contributed by atoms with Gasteiger partial charge in [0.15, 0.2) is 6.29 Å². The van der Waals surface area contributed by atoms with E-state index < -0.39 is 6.29 Å². The Morgan fingerprint density at radius 3 is 1.26 bits per heavy atom. The fraction of sp³-hybridized carbons (Fsp3) is 1.00. The molecule has 0 aromatic rings. The van der Waals surface area contributed by atoms with E-state index in [-0.39, 0.29) is 33.0 Å². The lowest BCUT2D eigenvalue weighted by Crippen LogP contribution is -2.33. The van der Waals surface area contributed by atoms with Crippen LogP contribution in [0.25, 0.3) is 0 Å². The van der Waals surface area contributed by atoms with Crippen LogP contribution in [0.1, 0.15) is 117 Å². The van der Waals surface area contributed by atoms with Gasteiger partial charge in [0.25, 0.3) is 0 Å². The second-order valence-electron chi connectivity index (χ2n) is 14.7. The van der Waals surface area contributed by atoms with Gasteiger partial charge in [-0.05, 0) is 51.6 Å². The fourth-order valence-corrected chi connectivity index (χ4v) is 6.15. The lowest BCUT2D eigenvalue weighted by Gasteiger charge is -2.23. The quantitative estimate of drug-likeness (QED) is 0.0536. The highest BCUT2D eigenvalue weighted by Gasteiger charge is 2.11. The highest BCUT2D eigenvalue weighted by molar-refractivity contribution is 4.61. The highest BCUT2D eigenvalue weighted by atomic mass is 16.7. The van der Waals surface area contributed by atoms with Gasteiger partial charge in [-0.2, -0.15) is 0 Å². The molecule has 0 saturated carbocycles. The Morgan fingerprint density at radius 2 is 0.707 bits per heavy atom. The van der Waals surface area contributed by atoms with Crippen LogP contribution in [0, 0.1) is 0 Å². The lowest BCUT2D eigenvalue weighted by molar-refractivity contribution is -0.181. The van der Waals surface area contributed by atoms with Crippen LogP contribution in [0.3, 0.4) is 0 Å². The van der Waals surface area contributed by atoms with Crippen LogP contribution in [0.4, 0.5) is 0 Å². The zero-order valence-electron chi connectivity index (χ0n) is 37.5. The summed E-state index contributed by atoms with van der Waals surface area (Å²) in [6.07, 6.45) is 18.3. The molecule has 0 amide bonds. The van der Waals surface area contributed by atoms with Gasteiger partial charge in [-0.15, -0.1) is 0 Å². The minimum absolute atomic E-state index is 0.0259. The maximum Gasteiger partial charge on any atom is 0.180 e. The van der Waals surface area contributed by atoms with E-state index in [0.717, 1.165) is 71.7 Å².